The van der Waals surface area contributed by atoms with Crippen LogP contribution in [-0.4, -0.2) is 27.3 Å². The molecule has 0 bridgehead atoms. The van der Waals surface area contributed by atoms with Crippen molar-refractivity contribution in [1.29, 1.82) is 0 Å². The Balaban J connectivity index is 1.86. The number of benzene rings is 2. The molecule has 9 heteroatoms. The highest BCUT2D eigenvalue weighted by molar-refractivity contribution is 7.86. The normalized spacial score (nSPS) is 21.0. The van der Waals surface area contributed by atoms with E-state index in [2.05, 4.69) is 4.74 Å². The van der Waals surface area contributed by atoms with Crippen LogP contribution in [0.2, 0.25) is 0 Å². The summed E-state index contributed by atoms with van der Waals surface area (Å²) in [5, 5.41) is 0. The van der Waals surface area contributed by atoms with E-state index >= 15 is 0 Å². The van der Waals surface area contributed by atoms with Gasteiger partial charge in [0.2, 0.25) is 17.4 Å². The van der Waals surface area contributed by atoms with E-state index in [1.165, 1.54) is 55.6 Å². The van der Waals surface area contributed by atoms with Gasteiger partial charge in [0, 0.05) is 5.56 Å². The Morgan fingerprint density at radius 3 is 2.45 bits per heavy atom. The Labute approximate surface area is 172 Å². The van der Waals surface area contributed by atoms with Gasteiger partial charge in [-0.2, -0.15) is 8.42 Å². The van der Waals surface area contributed by atoms with Crippen LogP contribution in [-0.2, 0) is 45.5 Å². The lowest BCUT2D eigenvalue weighted by Crippen LogP contribution is -2.16. The number of nitrogens with two attached hydrogens (primary N) is 1. The highest BCUT2D eigenvalue weighted by atomic mass is 32.2. The van der Waals surface area contributed by atoms with Crippen molar-refractivity contribution in [1.82, 2.24) is 0 Å². The molecule has 0 radical (unpaired) electrons. The van der Waals surface area contributed by atoms with Crippen LogP contribution in [0, 0.1) is 0 Å². The number of methoxy groups -OCH3 is 1. The van der Waals surface area contributed by atoms with Crippen LogP contribution >= 0.6 is 0 Å². The molecule has 1 aliphatic heterocycles. The standard InChI is InChI=1S/C20H19NO7S/c1-26-16(22)11-13-7-9-15(10-8-13)18-17(23)19(20(21)27-18)28-29(24,25)12-14-5-3-2-4-6-14/h2-10,18H,11-12,21H2,1H3/i12D2,18D. The average molecular weight is 420 g/mol. The van der Waals surface area contributed by atoms with Crippen molar-refractivity contribution in [3.8, 4) is 0 Å². The minimum atomic E-state index is -5.06. The summed E-state index contributed by atoms with van der Waals surface area (Å²) in [4.78, 5) is 24.2. The van der Waals surface area contributed by atoms with Gasteiger partial charge in [0.15, 0.2) is 6.08 Å². The lowest BCUT2D eigenvalue weighted by Gasteiger charge is -2.10. The quantitative estimate of drug-likeness (QED) is 0.531. The number of esters is 1. The maximum atomic E-state index is 12.9. The molecular weight excluding hydrogens is 398 g/mol. The van der Waals surface area contributed by atoms with Crippen LogP contribution in [0.3, 0.4) is 0 Å². The first-order valence-electron chi connectivity index (χ1n) is 9.81. The average Bonchev–Trinajstić information content (AvgIpc) is 2.98. The summed E-state index contributed by atoms with van der Waals surface area (Å²) in [5.74, 6) is -3.45. The Kier molecular flexibility index (Phi) is 4.79. The molecule has 2 aromatic carbocycles. The maximum absolute atomic E-state index is 12.9. The lowest BCUT2D eigenvalue weighted by molar-refractivity contribution is -0.139. The van der Waals surface area contributed by atoms with Gasteiger partial charge >= 0.3 is 16.1 Å². The van der Waals surface area contributed by atoms with Crippen molar-refractivity contribution in [2.75, 3.05) is 7.11 Å². The molecule has 3 rings (SSSR count). The summed E-state index contributed by atoms with van der Waals surface area (Å²) in [7, 11) is -3.82. The molecule has 2 N–H and O–H groups in total. The summed E-state index contributed by atoms with van der Waals surface area (Å²) < 4.78 is 64.1. The molecule has 0 aliphatic carbocycles. The SMILES string of the molecule is [2H]C1(c2ccc(CC(=O)OC)cc2)OC(N)=C(OS(=O)(=O)C([2H])([2H])c2ccccc2)C1=O. The minimum absolute atomic E-state index is 0.00105. The van der Waals surface area contributed by atoms with Crippen molar-refractivity contribution in [3.05, 3.63) is 82.9 Å². The van der Waals surface area contributed by atoms with Gasteiger partial charge < -0.3 is 19.4 Å². The second kappa shape index (κ2) is 8.36. The highest BCUT2D eigenvalue weighted by Crippen LogP contribution is 2.32. The van der Waals surface area contributed by atoms with Crippen molar-refractivity contribution in [2.45, 2.75) is 18.2 Å². The van der Waals surface area contributed by atoms with Gasteiger partial charge in [-0.1, -0.05) is 54.6 Å². The molecule has 1 atom stereocenters. The largest absolute Gasteiger partial charge is 0.469 e. The molecular formula is C20H19NO7S. The molecule has 0 saturated heterocycles. The predicted molar refractivity (Wildman–Crippen MR) is 102 cm³/mol. The van der Waals surface area contributed by atoms with E-state index in [1.54, 1.807) is 6.07 Å². The summed E-state index contributed by atoms with van der Waals surface area (Å²) in [5.41, 5.74) is 2.95. The third-order valence-electron chi connectivity index (χ3n) is 3.85. The maximum Gasteiger partial charge on any atom is 0.313 e. The van der Waals surface area contributed by atoms with Gasteiger partial charge in [0.25, 0.3) is 0 Å². The lowest BCUT2D eigenvalue weighted by atomic mass is 10.0. The van der Waals surface area contributed by atoms with Crippen molar-refractivity contribution in [3.63, 3.8) is 0 Å². The fourth-order valence-electron chi connectivity index (χ4n) is 2.48. The number of carbonyl (C=O) groups excluding carboxylic acids is 2. The number of Topliss-reactive ketones (excluding diaryl/α,β-unsaturated/α-hetero) is 1. The van der Waals surface area contributed by atoms with Crippen LogP contribution in [0.25, 0.3) is 0 Å². The van der Waals surface area contributed by atoms with Gasteiger partial charge in [0.1, 0.15) is 5.70 Å². The zero-order valence-electron chi connectivity index (χ0n) is 18.2. The van der Waals surface area contributed by atoms with Gasteiger partial charge in [0.05, 0.1) is 17.6 Å². The molecule has 29 heavy (non-hydrogen) atoms. The molecule has 152 valence electrons. The van der Waals surface area contributed by atoms with Crippen molar-refractivity contribution in [2.24, 2.45) is 5.73 Å². The number of hydrogen-bond donors (Lipinski definition) is 1. The monoisotopic (exact) mass is 420 g/mol. The third-order valence-corrected chi connectivity index (χ3v) is 4.72. The van der Waals surface area contributed by atoms with E-state index < -0.39 is 45.3 Å². The van der Waals surface area contributed by atoms with Gasteiger partial charge in [-0.25, -0.2) is 0 Å². The van der Waals surface area contributed by atoms with Crippen LogP contribution in [0.4, 0.5) is 0 Å². The molecule has 8 nitrogen and oxygen atoms in total. The van der Waals surface area contributed by atoms with Gasteiger partial charge in [-0.05, 0) is 11.1 Å². The molecule has 0 fully saturated rings. The van der Waals surface area contributed by atoms with Gasteiger partial charge in [-0.15, -0.1) is 0 Å². The molecule has 1 unspecified atom stereocenters. The van der Waals surface area contributed by atoms with Crippen molar-refractivity contribution < 1.29 is 35.8 Å². The van der Waals surface area contributed by atoms with E-state index in [4.69, 9.17) is 18.8 Å². The molecule has 0 spiro atoms. The fraction of sp³-hybridized carbons (Fsp3) is 0.200. The first-order valence-corrected chi connectivity index (χ1v) is 9.72. The molecule has 1 heterocycles. The number of carbonyl (C=O) groups is 2. The molecule has 2 aromatic rings. The number of rotatable bonds is 7. The number of hydrogen-bond acceptors (Lipinski definition) is 8. The van der Waals surface area contributed by atoms with Crippen LogP contribution in [0.15, 0.2) is 66.2 Å². The second-order valence-corrected chi connectivity index (χ2v) is 7.19. The number of ketones is 1. The van der Waals surface area contributed by atoms with Gasteiger partial charge in [-0.3, -0.25) is 9.59 Å². The summed E-state index contributed by atoms with van der Waals surface area (Å²) in [6.45, 7) is 0. The minimum Gasteiger partial charge on any atom is -0.469 e. The Morgan fingerprint density at radius 2 is 1.83 bits per heavy atom. The van der Waals surface area contributed by atoms with Crippen LogP contribution in [0.5, 0.6) is 0 Å². The van der Waals surface area contributed by atoms with Crippen molar-refractivity contribution >= 4 is 21.9 Å². The fourth-order valence-corrected chi connectivity index (χ4v) is 3.32. The summed E-state index contributed by atoms with van der Waals surface area (Å²) in [6, 6.07) is 12.6. The van der Waals surface area contributed by atoms with E-state index in [0.717, 1.165) is 0 Å². The molecule has 0 aromatic heterocycles. The summed E-state index contributed by atoms with van der Waals surface area (Å²) in [6.07, 6.45) is -2.48. The zero-order valence-corrected chi connectivity index (χ0v) is 16.1. The summed E-state index contributed by atoms with van der Waals surface area (Å²) >= 11 is 0. The second-order valence-electron chi connectivity index (χ2n) is 5.91. The Bertz CT molecular complexity index is 1180. The topological polar surface area (TPSA) is 122 Å². The smallest absolute Gasteiger partial charge is 0.313 e. The third kappa shape index (κ3) is 4.94. The first-order chi connectivity index (χ1) is 14.9. The number of ether oxygens (including phenoxy) is 2. The van der Waals surface area contributed by atoms with Crippen LogP contribution < -0.4 is 5.73 Å². The van der Waals surface area contributed by atoms with E-state index in [9.17, 15) is 18.0 Å². The highest BCUT2D eigenvalue weighted by Gasteiger charge is 2.39. The zero-order chi connectivity index (χ0) is 23.7. The van der Waals surface area contributed by atoms with E-state index in [1.807, 2.05) is 0 Å². The van der Waals surface area contributed by atoms with E-state index in [0.29, 0.717) is 5.56 Å². The molecule has 0 amide bonds. The first kappa shape index (κ1) is 16.6. The van der Waals surface area contributed by atoms with Crippen LogP contribution in [0.1, 0.15) is 26.9 Å². The molecule has 0 saturated carbocycles. The molecule has 1 aliphatic rings. The predicted octanol–water partition coefficient (Wildman–Crippen LogP) is 1.72. The Morgan fingerprint density at radius 1 is 1.17 bits per heavy atom. The van der Waals surface area contributed by atoms with E-state index in [-0.39, 0.29) is 17.5 Å². The Hall–Kier alpha value is -3.33.